The molecule has 3 N–H and O–H groups in total. The first kappa shape index (κ1) is 25.0. The first-order chi connectivity index (χ1) is 16.3. The van der Waals surface area contributed by atoms with Gasteiger partial charge in [-0.2, -0.15) is 0 Å². The molecule has 0 aromatic heterocycles. The second kappa shape index (κ2) is 12.0. The van der Waals surface area contributed by atoms with Crippen molar-refractivity contribution in [2.75, 3.05) is 25.0 Å². The number of hydrogen-bond acceptors (Lipinski definition) is 4. The highest BCUT2D eigenvalue weighted by molar-refractivity contribution is 5.89. The van der Waals surface area contributed by atoms with Crippen LogP contribution >= 0.6 is 0 Å². The van der Waals surface area contributed by atoms with Gasteiger partial charge in [-0.15, -0.1) is 0 Å². The number of urea groups is 1. The number of rotatable bonds is 8. The number of likely N-dealkylation sites (tertiary alicyclic amines) is 1. The van der Waals surface area contributed by atoms with Crippen molar-refractivity contribution in [3.8, 4) is 5.75 Å². The number of halogens is 1. The predicted molar refractivity (Wildman–Crippen MR) is 127 cm³/mol. The van der Waals surface area contributed by atoms with Gasteiger partial charge in [0.2, 0.25) is 11.8 Å². The van der Waals surface area contributed by atoms with Crippen LogP contribution in [0.3, 0.4) is 0 Å². The molecule has 34 heavy (non-hydrogen) atoms. The Balaban J connectivity index is 1.49. The summed E-state index contributed by atoms with van der Waals surface area (Å²) in [6, 6.07) is 12.0. The van der Waals surface area contributed by atoms with Gasteiger partial charge in [-0.3, -0.25) is 9.59 Å². The van der Waals surface area contributed by atoms with Crippen LogP contribution in [0.4, 0.5) is 14.9 Å². The molecule has 2 aromatic carbocycles. The molecule has 9 heteroatoms. The van der Waals surface area contributed by atoms with Crippen LogP contribution in [0.25, 0.3) is 0 Å². The van der Waals surface area contributed by atoms with E-state index in [1.807, 2.05) is 6.92 Å². The van der Waals surface area contributed by atoms with E-state index in [1.54, 1.807) is 41.3 Å². The Hall–Kier alpha value is -3.62. The normalized spacial score (nSPS) is 14.7. The third-order valence-corrected chi connectivity index (χ3v) is 5.57. The monoisotopic (exact) mass is 470 g/mol. The van der Waals surface area contributed by atoms with Crippen molar-refractivity contribution in [1.82, 2.24) is 15.5 Å². The number of nitrogens with zero attached hydrogens (tertiary/aromatic N) is 1. The number of amides is 4. The third kappa shape index (κ3) is 7.47. The Labute approximate surface area is 198 Å². The van der Waals surface area contributed by atoms with Gasteiger partial charge in [0.05, 0.1) is 6.61 Å². The molecule has 0 aliphatic carbocycles. The molecule has 0 bridgehead atoms. The van der Waals surface area contributed by atoms with E-state index in [4.69, 9.17) is 4.74 Å². The zero-order valence-electron chi connectivity index (χ0n) is 19.5. The average Bonchev–Trinajstić information content (AvgIpc) is 2.80. The van der Waals surface area contributed by atoms with Gasteiger partial charge in [-0.1, -0.05) is 12.1 Å². The van der Waals surface area contributed by atoms with E-state index in [2.05, 4.69) is 16.0 Å². The quantitative estimate of drug-likeness (QED) is 0.552. The number of piperidine rings is 1. The van der Waals surface area contributed by atoms with Crippen LogP contribution in [0, 0.1) is 5.82 Å². The fourth-order valence-corrected chi connectivity index (χ4v) is 3.89. The minimum Gasteiger partial charge on any atom is -0.494 e. The van der Waals surface area contributed by atoms with Crippen molar-refractivity contribution in [1.29, 1.82) is 0 Å². The van der Waals surface area contributed by atoms with Gasteiger partial charge >= 0.3 is 6.03 Å². The molecule has 1 aliphatic heterocycles. The van der Waals surface area contributed by atoms with Gasteiger partial charge in [0.25, 0.3) is 0 Å². The average molecular weight is 471 g/mol. The second-order valence-electron chi connectivity index (χ2n) is 8.24. The Morgan fingerprint density at radius 3 is 2.44 bits per heavy atom. The lowest BCUT2D eigenvalue weighted by molar-refractivity contribution is -0.128. The summed E-state index contributed by atoms with van der Waals surface area (Å²) in [5.41, 5.74) is 1.30. The van der Waals surface area contributed by atoms with Gasteiger partial charge in [0.15, 0.2) is 0 Å². The van der Waals surface area contributed by atoms with Crippen molar-refractivity contribution < 1.29 is 23.5 Å². The standard InChI is InChI=1S/C25H31FN4O4/c1-3-34-22-9-7-20(8-10-22)29-25(33)30-13-11-21(12-14-30)28-24(32)23(27-17(2)31)16-18-5-4-6-19(26)15-18/h4-10,15,21,23H,3,11-14,16H2,1-2H3,(H,27,31)(H,28,32)(H,29,33)/t23-/m0/s1. The Kier molecular flexibility index (Phi) is 8.84. The van der Waals surface area contributed by atoms with Crippen molar-refractivity contribution >= 4 is 23.5 Å². The van der Waals surface area contributed by atoms with Crippen molar-refractivity contribution in [3.63, 3.8) is 0 Å². The molecule has 0 saturated carbocycles. The van der Waals surface area contributed by atoms with E-state index in [1.165, 1.54) is 19.1 Å². The zero-order chi connectivity index (χ0) is 24.5. The Morgan fingerprint density at radius 1 is 1.12 bits per heavy atom. The van der Waals surface area contributed by atoms with E-state index in [9.17, 15) is 18.8 Å². The summed E-state index contributed by atoms with van der Waals surface area (Å²) >= 11 is 0. The smallest absolute Gasteiger partial charge is 0.321 e. The molecule has 182 valence electrons. The lowest BCUT2D eigenvalue weighted by Gasteiger charge is -2.33. The van der Waals surface area contributed by atoms with Crippen molar-refractivity contribution in [2.45, 2.75) is 45.2 Å². The number of hydrogen-bond donors (Lipinski definition) is 3. The fraction of sp³-hybridized carbons (Fsp3) is 0.400. The number of ether oxygens (including phenoxy) is 1. The van der Waals surface area contributed by atoms with Crippen molar-refractivity contribution in [2.24, 2.45) is 0 Å². The number of carbonyl (C=O) groups excluding carboxylic acids is 3. The summed E-state index contributed by atoms with van der Waals surface area (Å²) in [7, 11) is 0. The summed E-state index contributed by atoms with van der Waals surface area (Å²) in [5.74, 6) is -0.309. The molecule has 8 nitrogen and oxygen atoms in total. The SMILES string of the molecule is CCOc1ccc(NC(=O)N2CCC(NC(=O)[C@H](Cc3cccc(F)c3)NC(C)=O)CC2)cc1. The van der Waals surface area contributed by atoms with E-state index >= 15 is 0 Å². The molecule has 1 aliphatic rings. The lowest BCUT2D eigenvalue weighted by Crippen LogP contribution is -2.53. The molecule has 4 amide bonds. The summed E-state index contributed by atoms with van der Waals surface area (Å²) in [5, 5.41) is 8.49. The molecule has 1 fully saturated rings. The van der Waals surface area contributed by atoms with Gasteiger partial charge in [-0.25, -0.2) is 9.18 Å². The summed E-state index contributed by atoms with van der Waals surface area (Å²) in [6.07, 6.45) is 1.37. The Morgan fingerprint density at radius 2 is 1.82 bits per heavy atom. The molecular weight excluding hydrogens is 439 g/mol. The first-order valence-corrected chi connectivity index (χ1v) is 11.4. The highest BCUT2D eigenvalue weighted by Crippen LogP contribution is 2.18. The number of carbonyl (C=O) groups is 3. The van der Waals surface area contributed by atoms with E-state index in [0.29, 0.717) is 43.8 Å². The summed E-state index contributed by atoms with van der Waals surface area (Å²) < 4.78 is 18.9. The topological polar surface area (TPSA) is 99.8 Å². The zero-order valence-corrected chi connectivity index (χ0v) is 19.5. The first-order valence-electron chi connectivity index (χ1n) is 11.4. The van der Waals surface area contributed by atoms with Crippen LogP contribution in [-0.2, 0) is 16.0 Å². The summed E-state index contributed by atoms with van der Waals surface area (Å²) in [4.78, 5) is 38.7. The molecule has 1 atom stereocenters. The molecule has 0 spiro atoms. The highest BCUT2D eigenvalue weighted by Gasteiger charge is 2.27. The van der Waals surface area contributed by atoms with Crippen molar-refractivity contribution in [3.05, 3.63) is 59.9 Å². The maximum atomic E-state index is 13.5. The van der Waals surface area contributed by atoms with Gasteiger partial charge in [-0.05, 0) is 61.7 Å². The molecular formula is C25H31FN4O4. The van der Waals surface area contributed by atoms with E-state index < -0.39 is 11.9 Å². The molecule has 1 saturated heterocycles. The molecule has 0 unspecified atom stereocenters. The molecule has 0 radical (unpaired) electrons. The third-order valence-electron chi connectivity index (χ3n) is 5.57. The Bertz CT molecular complexity index is 991. The van der Waals surface area contributed by atoms with Gasteiger partial charge < -0.3 is 25.6 Å². The largest absolute Gasteiger partial charge is 0.494 e. The molecule has 2 aromatic rings. The van der Waals surface area contributed by atoms with Crippen LogP contribution in [0.2, 0.25) is 0 Å². The predicted octanol–water partition coefficient (Wildman–Crippen LogP) is 3.08. The minimum absolute atomic E-state index is 0.120. The highest BCUT2D eigenvalue weighted by atomic mass is 19.1. The second-order valence-corrected chi connectivity index (χ2v) is 8.24. The van der Waals surface area contributed by atoms with Crippen LogP contribution in [-0.4, -0.2) is 54.5 Å². The number of benzene rings is 2. The van der Waals surface area contributed by atoms with E-state index in [0.717, 1.165) is 5.75 Å². The van der Waals surface area contributed by atoms with Crippen LogP contribution < -0.4 is 20.7 Å². The maximum Gasteiger partial charge on any atom is 0.321 e. The maximum absolute atomic E-state index is 13.5. The van der Waals surface area contributed by atoms with Crippen LogP contribution in [0.5, 0.6) is 5.75 Å². The van der Waals surface area contributed by atoms with Gasteiger partial charge in [0, 0.05) is 38.2 Å². The molecule has 1 heterocycles. The summed E-state index contributed by atoms with van der Waals surface area (Å²) in [6.45, 7) is 4.80. The number of nitrogens with one attached hydrogen (secondary N) is 3. The fourth-order valence-electron chi connectivity index (χ4n) is 3.89. The molecule has 3 rings (SSSR count). The lowest BCUT2D eigenvalue weighted by atomic mass is 10.0. The van der Waals surface area contributed by atoms with Crippen LogP contribution in [0.15, 0.2) is 48.5 Å². The van der Waals surface area contributed by atoms with Crippen LogP contribution in [0.1, 0.15) is 32.3 Å². The number of anilines is 1. The van der Waals surface area contributed by atoms with E-state index in [-0.39, 0.29) is 30.3 Å². The van der Waals surface area contributed by atoms with Gasteiger partial charge in [0.1, 0.15) is 17.6 Å². The minimum atomic E-state index is -0.805.